The van der Waals surface area contributed by atoms with Gasteiger partial charge in [-0.25, -0.2) is 5.43 Å². The first-order valence-corrected chi connectivity index (χ1v) is 10.1. The van der Waals surface area contributed by atoms with Gasteiger partial charge in [0.1, 0.15) is 0 Å². The molecule has 1 heterocycles. The third-order valence-corrected chi connectivity index (χ3v) is 5.21. The topological polar surface area (TPSA) is 65.0 Å². The Morgan fingerprint density at radius 1 is 1.14 bits per heavy atom. The molecule has 1 unspecified atom stereocenters. The first-order chi connectivity index (χ1) is 14.1. The van der Waals surface area contributed by atoms with Crippen LogP contribution in [0, 0.1) is 5.92 Å². The number of rotatable bonds is 8. The average molecular weight is 393 g/mol. The molecule has 2 amide bonds. The Labute approximate surface area is 172 Å². The first-order valence-electron chi connectivity index (χ1n) is 10.1. The van der Waals surface area contributed by atoms with Crippen molar-refractivity contribution in [3.05, 3.63) is 65.7 Å². The molecule has 2 aromatic rings. The van der Waals surface area contributed by atoms with E-state index in [1.807, 2.05) is 54.6 Å². The number of likely N-dealkylation sites (tertiary alicyclic amines) is 1. The maximum absolute atomic E-state index is 12.4. The molecule has 1 N–H and O–H groups in total. The minimum Gasteiger partial charge on any atom is -0.372 e. The monoisotopic (exact) mass is 392 g/mol. The summed E-state index contributed by atoms with van der Waals surface area (Å²) >= 11 is 0. The maximum atomic E-state index is 12.4. The Bertz CT molecular complexity index is 845. The van der Waals surface area contributed by atoms with Gasteiger partial charge >= 0.3 is 0 Å². The lowest BCUT2D eigenvalue weighted by molar-refractivity contribution is -0.129. The van der Waals surface area contributed by atoms with Gasteiger partial charge in [0.15, 0.2) is 0 Å². The molecule has 1 aliphatic heterocycles. The van der Waals surface area contributed by atoms with Crippen LogP contribution in [0.4, 0.5) is 5.69 Å². The lowest BCUT2D eigenvalue weighted by Gasteiger charge is -2.20. The third kappa shape index (κ3) is 5.44. The summed E-state index contributed by atoms with van der Waals surface area (Å²) in [5, 5.41) is 4.07. The number of nitrogens with zero attached hydrogens (tertiary/aromatic N) is 3. The van der Waals surface area contributed by atoms with Gasteiger partial charge in [0.2, 0.25) is 11.8 Å². The molecule has 6 heteroatoms. The summed E-state index contributed by atoms with van der Waals surface area (Å²) in [6.07, 6.45) is 1.86. The molecule has 0 aliphatic carbocycles. The van der Waals surface area contributed by atoms with Gasteiger partial charge in [-0.2, -0.15) is 5.10 Å². The van der Waals surface area contributed by atoms with Gasteiger partial charge in [-0.3, -0.25) is 9.59 Å². The number of nitrogens with one attached hydrogen (secondary N) is 1. The summed E-state index contributed by atoms with van der Waals surface area (Å²) in [4.78, 5) is 28.6. The average Bonchev–Trinajstić information content (AvgIpc) is 3.11. The molecule has 1 aliphatic rings. The van der Waals surface area contributed by atoms with Crippen LogP contribution in [0.25, 0.3) is 0 Å². The SMILES string of the molecule is CCN(CC)c1ccc(/C=N/NC(=O)C2CC(=O)N(Cc3ccccc3)C2)cc1. The molecule has 0 aromatic heterocycles. The fraction of sp³-hybridized carbons (Fsp3) is 0.348. The van der Waals surface area contributed by atoms with Gasteiger partial charge in [0.05, 0.1) is 12.1 Å². The molecule has 29 heavy (non-hydrogen) atoms. The van der Waals surface area contributed by atoms with Crippen molar-refractivity contribution in [1.29, 1.82) is 0 Å². The van der Waals surface area contributed by atoms with Crippen molar-refractivity contribution in [2.75, 3.05) is 24.5 Å². The van der Waals surface area contributed by atoms with Gasteiger partial charge in [0, 0.05) is 38.3 Å². The normalized spacial score (nSPS) is 16.4. The second-order valence-corrected chi connectivity index (χ2v) is 7.16. The molecule has 0 bridgehead atoms. The summed E-state index contributed by atoms with van der Waals surface area (Å²) in [6.45, 7) is 7.13. The van der Waals surface area contributed by atoms with Crippen LogP contribution in [-0.4, -0.2) is 42.6 Å². The van der Waals surface area contributed by atoms with Gasteiger partial charge in [-0.05, 0) is 37.1 Å². The van der Waals surface area contributed by atoms with E-state index in [0.29, 0.717) is 13.1 Å². The van der Waals surface area contributed by atoms with Crippen LogP contribution in [-0.2, 0) is 16.1 Å². The van der Waals surface area contributed by atoms with Crippen molar-refractivity contribution in [1.82, 2.24) is 10.3 Å². The van der Waals surface area contributed by atoms with Crippen molar-refractivity contribution in [2.45, 2.75) is 26.8 Å². The summed E-state index contributed by atoms with van der Waals surface area (Å²) in [5.41, 5.74) is 5.72. The first kappa shape index (κ1) is 20.6. The zero-order chi connectivity index (χ0) is 20.6. The quantitative estimate of drug-likeness (QED) is 0.555. The molecule has 0 saturated carbocycles. The second kappa shape index (κ2) is 9.87. The van der Waals surface area contributed by atoms with Crippen LogP contribution >= 0.6 is 0 Å². The molecule has 0 radical (unpaired) electrons. The van der Waals surface area contributed by atoms with Gasteiger partial charge in [-0.15, -0.1) is 0 Å². The number of hydrazone groups is 1. The van der Waals surface area contributed by atoms with Crippen LogP contribution in [0.3, 0.4) is 0 Å². The number of amides is 2. The van der Waals surface area contributed by atoms with E-state index in [-0.39, 0.29) is 24.2 Å². The summed E-state index contributed by atoms with van der Waals surface area (Å²) in [5.74, 6) is -0.580. The smallest absolute Gasteiger partial charge is 0.245 e. The van der Waals surface area contributed by atoms with E-state index >= 15 is 0 Å². The van der Waals surface area contributed by atoms with E-state index in [4.69, 9.17) is 0 Å². The third-order valence-electron chi connectivity index (χ3n) is 5.21. The molecular formula is C23H28N4O2. The van der Waals surface area contributed by atoms with Crippen LogP contribution in [0.5, 0.6) is 0 Å². The van der Waals surface area contributed by atoms with Crippen molar-refractivity contribution < 1.29 is 9.59 Å². The highest BCUT2D eigenvalue weighted by molar-refractivity contribution is 5.90. The highest BCUT2D eigenvalue weighted by atomic mass is 16.2. The number of hydrogen-bond acceptors (Lipinski definition) is 4. The van der Waals surface area contributed by atoms with E-state index in [1.165, 1.54) is 5.69 Å². The zero-order valence-electron chi connectivity index (χ0n) is 17.0. The van der Waals surface area contributed by atoms with Crippen molar-refractivity contribution in [3.63, 3.8) is 0 Å². The largest absolute Gasteiger partial charge is 0.372 e. The predicted molar refractivity (Wildman–Crippen MR) is 116 cm³/mol. The molecule has 6 nitrogen and oxygen atoms in total. The van der Waals surface area contributed by atoms with Crippen LogP contribution in [0.1, 0.15) is 31.4 Å². The lowest BCUT2D eigenvalue weighted by Crippen LogP contribution is -2.30. The maximum Gasteiger partial charge on any atom is 0.245 e. The molecule has 2 aromatic carbocycles. The molecule has 152 valence electrons. The molecular weight excluding hydrogens is 364 g/mol. The minimum absolute atomic E-state index is 0.00461. The zero-order valence-corrected chi connectivity index (χ0v) is 17.0. The Hall–Kier alpha value is -3.15. The number of anilines is 1. The number of benzene rings is 2. The predicted octanol–water partition coefficient (Wildman–Crippen LogP) is 3.03. The molecule has 1 fully saturated rings. The van der Waals surface area contributed by atoms with Gasteiger partial charge in [0.25, 0.3) is 0 Å². The minimum atomic E-state index is -0.367. The number of hydrogen-bond donors (Lipinski definition) is 1. The lowest BCUT2D eigenvalue weighted by atomic mass is 10.1. The van der Waals surface area contributed by atoms with Crippen LogP contribution in [0.15, 0.2) is 59.7 Å². The van der Waals surface area contributed by atoms with Crippen molar-refractivity contribution in [2.24, 2.45) is 11.0 Å². The summed E-state index contributed by atoms with van der Waals surface area (Å²) in [7, 11) is 0. The molecule has 3 rings (SSSR count). The number of carbonyl (C=O) groups is 2. The van der Waals surface area contributed by atoms with E-state index in [0.717, 1.165) is 24.2 Å². The van der Waals surface area contributed by atoms with Crippen LogP contribution in [0.2, 0.25) is 0 Å². The fourth-order valence-electron chi connectivity index (χ4n) is 3.53. The second-order valence-electron chi connectivity index (χ2n) is 7.16. The van der Waals surface area contributed by atoms with E-state index < -0.39 is 0 Å². The number of carbonyl (C=O) groups excluding carboxylic acids is 2. The van der Waals surface area contributed by atoms with Crippen LogP contribution < -0.4 is 10.3 Å². The Kier molecular flexibility index (Phi) is 7.00. The molecule has 1 saturated heterocycles. The van der Waals surface area contributed by atoms with Gasteiger partial charge < -0.3 is 9.80 Å². The fourth-order valence-corrected chi connectivity index (χ4v) is 3.53. The Morgan fingerprint density at radius 3 is 2.48 bits per heavy atom. The molecule has 1 atom stereocenters. The summed E-state index contributed by atoms with van der Waals surface area (Å²) < 4.78 is 0. The van der Waals surface area contributed by atoms with Crippen molar-refractivity contribution >= 4 is 23.7 Å². The van der Waals surface area contributed by atoms with Gasteiger partial charge in [-0.1, -0.05) is 42.5 Å². The highest BCUT2D eigenvalue weighted by Crippen LogP contribution is 2.20. The Morgan fingerprint density at radius 2 is 1.83 bits per heavy atom. The standard InChI is InChI=1S/C23H28N4O2/c1-3-26(4-2)21-12-10-18(11-13-21)15-24-25-23(29)20-14-22(28)27(17-20)16-19-8-6-5-7-9-19/h5-13,15,20H,3-4,14,16-17H2,1-2H3,(H,25,29)/b24-15+. The summed E-state index contributed by atoms with van der Waals surface area (Å²) in [6, 6.07) is 17.9. The molecule has 0 spiro atoms. The van der Waals surface area contributed by atoms with Crippen molar-refractivity contribution in [3.8, 4) is 0 Å². The Balaban J connectivity index is 1.51. The van der Waals surface area contributed by atoms with E-state index in [1.54, 1.807) is 11.1 Å². The highest BCUT2D eigenvalue weighted by Gasteiger charge is 2.34. The van der Waals surface area contributed by atoms with E-state index in [2.05, 4.69) is 29.3 Å². The van der Waals surface area contributed by atoms with E-state index in [9.17, 15) is 9.59 Å².